The lowest BCUT2D eigenvalue weighted by atomic mass is 9.41. The van der Waals surface area contributed by atoms with E-state index in [4.69, 9.17) is 52.3 Å². The Morgan fingerprint density at radius 2 is 1.34 bits per heavy atom. The van der Waals surface area contributed by atoms with E-state index < -0.39 is 196 Å². The molecule has 4 saturated heterocycles. The molecule has 76 heavy (non-hydrogen) atoms. The van der Waals surface area contributed by atoms with Gasteiger partial charge in [0.15, 0.2) is 24.8 Å². The van der Waals surface area contributed by atoms with Gasteiger partial charge in [0.1, 0.15) is 85.5 Å². The standard InChI is InChI=1S/C48H78O28/c1-19-12-46-10-6-26-44(3,8-5-9-45(26,4)42(64)70-41-37(76-65)36(31(58)24(15-51)68-41)69-40-35(62)32(59)29(56)23(14-50)67-40)27(46)7-11-47(19,18-46)74-43(71-39-34(61)28(55)22(54)17-66-39)75-48(72-20(2)21(53)13-49)38(63)33(60)30(57)25(16-52)73-48/h20-41,43,49-63,65H,1,5-18H2,2-4H3. The topological polar surface area (TPSA) is 442 Å². The van der Waals surface area contributed by atoms with Crippen molar-refractivity contribution in [2.24, 2.45) is 28.1 Å². The minimum atomic E-state index is -2.97. The summed E-state index contributed by atoms with van der Waals surface area (Å²) in [4.78, 5) is 19.5. The molecule has 2 bridgehead atoms. The fourth-order valence-electron chi connectivity index (χ4n) is 14.0. The van der Waals surface area contributed by atoms with E-state index in [9.17, 15) is 86.6 Å². The first-order valence-corrected chi connectivity index (χ1v) is 25.9. The van der Waals surface area contributed by atoms with Crippen molar-refractivity contribution in [2.75, 3.05) is 33.0 Å². The molecule has 28 nitrogen and oxygen atoms in total. The second-order valence-corrected chi connectivity index (χ2v) is 22.6. The zero-order chi connectivity index (χ0) is 55.6. The Bertz CT molecular complexity index is 1990. The molecule has 0 aromatic rings. The van der Waals surface area contributed by atoms with E-state index in [1.807, 2.05) is 0 Å². The summed E-state index contributed by atoms with van der Waals surface area (Å²) in [6, 6.07) is 0. The van der Waals surface area contributed by atoms with Crippen LogP contribution in [0.3, 0.4) is 0 Å². The summed E-state index contributed by atoms with van der Waals surface area (Å²) < 4.78 is 59.4. The van der Waals surface area contributed by atoms with Gasteiger partial charge in [-0.25, -0.2) is 4.89 Å². The van der Waals surface area contributed by atoms with Crippen LogP contribution in [0.1, 0.15) is 78.6 Å². The van der Waals surface area contributed by atoms with E-state index in [1.54, 1.807) is 6.92 Å². The van der Waals surface area contributed by atoms with Crippen LogP contribution in [-0.4, -0.2) is 262 Å². The van der Waals surface area contributed by atoms with Gasteiger partial charge in [-0.1, -0.05) is 19.9 Å². The lowest BCUT2D eigenvalue weighted by molar-refractivity contribution is -0.531. The molecule has 4 heterocycles. The van der Waals surface area contributed by atoms with Gasteiger partial charge in [0.25, 0.3) is 6.48 Å². The van der Waals surface area contributed by atoms with Crippen molar-refractivity contribution in [3.05, 3.63) is 12.2 Å². The molecule has 28 heteroatoms. The molecule has 0 radical (unpaired) electrons. The predicted molar refractivity (Wildman–Crippen MR) is 244 cm³/mol. The predicted octanol–water partition coefficient (Wildman–Crippen LogP) is -5.60. The van der Waals surface area contributed by atoms with Crippen LogP contribution in [-0.2, 0) is 57.1 Å². The molecule has 8 rings (SSSR count). The Morgan fingerprint density at radius 1 is 0.711 bits per heavy atom. The van der Waals surface area contributed by atoms with Crippen LogP contribution < -0.4 is 0 Å². The van der Waals surface area contributed by atoms with Crippen LogP contribution in [0.4, 0.5) is 0 Å². The van der Waals surface area contributed by atoms with Crippen molar-refractivity contribution in [2.45, 2.75) is 219 Å². The molecule has 0 amide bonds. The molecule has 0 aromatic carbocycles. The smallest absolute Gasteiger partial charge is 0.318 e. The first kappa shape index (κ1) is 60.3. The van der Waals surface area contributed by atoms with Crippen molar-refractivity contribution in [3.63, 3.8) is 0 Å². The minimum absolute atomic E-state index is 0.104. The number of fused-ring (bicyclic) bond motifs is 3. The van der Waals surface area contributed by atoms with Gasteiger partial charge >= 0.3 is 11.9 Å². The van der Waals surface area contributed by atoms with Crippen LogP contribution >= 0.6 is 0 Å². The summed E-state index contributed by atoms with van der Waals surface area (Å²) in [5.74, 6) is -4.18. The van der Waals surface area contributed by atoms with Gasteiger partial charge in [0.05, 0.1) is 50.2 Å². The molecule has 16 N–H and O–H groups in total. The Hall–Kier alpha value is -1.83. The van der Waals surface area contributed by atoms with Crippen LogP contribution in [0.5, 0.6) is 0 Å². The molecular weight excluding hydrogens is 1020 g/mol. The Morgan fingerprint density at radius 3 is 2.00 bits per heavy atom. The van der Waals surface area contributed by atoms with E-state index in [1.165, 1.54) is 6.92 Å². The highest BCUT2D eigenvalue weighted by Crippen LogP contribution is 2.74. The normalized spacial score (nSPS) is 50.8. The third kappa shape index (κ3) is 10.5. The average Bonchev–Trinajstić information content (AvgIpc) is 3.74. The SMILES string of the molecule is C=C1CC23CCC4C(C)(C(=O)OC5OC(CO)C(O)C(OC6OC(CO)C(O)C(O)C6O)C5OO)CCCC4(C)C2CCC1(OC(OC1OCC(O)C(O)C1O)OC1(OC(C)C(O)CO)OC(CO)C(O)C(O)C1O)C3. The average molecular weight is 1100 g/mol. The Labute approximate surface area is 436 Å². The van der Waals surface area contributed by atoms with Gasteiger partial charge in [0.2, 0.25) is 6.29 Å². The number of hydrogen-bond acceptors (Lipinski definition) is 28. The highest BCUT2D eigenvalue weighted by Gasteiger charge is 2.70. The molecule has 8 fully saturated rings. The molecule has 28 unspecified atom stereocenters. The molecule has 0 aromatic heterocycles. The van der Waals surface area contributed by atoms with Crippen molar-refractivity contribution in [1.29, 1.82) is 0 Å². The van der Waals surface area contributed by atoms with Gasteiger partial charge in [-0.05, 0) is 93.5 Å². The van der Waals surface area contributed by atoms with Crippen molar-refractivity contribution >= 4 is 5.97 Å². The minimum Gasteiger partial charge on any atom is -0.432 e. The number of carbonyl (C=O) groups excluding carboxylic acids is 1. The fraction of sp³-hybridized carbons (Fsp3) is 0.938. The summed E-state index contributed by atoms with van der Waals surface area (Å²) in [5, 5.41) is 169. The quantitative estimate of drug-likeness (QED) is 0.0200. The number of hydrogen-bond donors (Lipinski definition) is 16. The maximum atomic E-state index is 14.8. The van der Waals surface area contributed by atoms with E-state index in [0.29, 0.717) is 50.5 Å². The van der Waals surface area contributed by atoms with Gasteiger partial charge in [0, 0.05) is 0 Å². The highest BCUT2D eigenvalue weighted by atomic mass is 17.1. The molecule has 28 atom stereocenters. The summed E-state index contributed by atoms with van der Waals surface area (Å²) >= 11 is 0. The van der Waals surface area contributed by atoms with Gasteiger partial charge in [-0.3, -0.25) is 19.5 Å². The van der Waals surface area contributed by atoms with Crippen molar-refractivity contribution in [1.82, 2.24) is 0 Å². The lowest BCUT2D eigenvalue weighted by Gasteiger charge is -2.64. The molecule has 438 valence electrons. The maximum Gasteiger partial charge on any atom is 0.318 e. The zero-order valence-electron chi connectivity index (χ0n) is 42.4. The number of ether oxygens (including phenoxy) is 10. The summed E-state index contributed by atoms with van der Waals surface area (Å²) in [6.45, 7) is 3.43. The number of carbonyl (C=O) groups is 1. The van der Waals surface area contributed by atoms with E-state index in [0.717, 1.165) is 0 Å². The molecule has 4 aliphatic heterocycles. The number of aliphatic hydroxyl groups is 15. The second-order valence-electron chi connectivity index (χ2n) is 22.6. The fourth-order valence-corrected chi connectivity index (χ4v) is 14.0. The first-order chi connectivity index (χ1) is 35.8. The Balaban J connectivity index is 1.04. The van der Waals surface area contributed by atoms with Crippen molar-refractivity contribution in [3.8, 4) is 0 Å². The van der Waals surface area contributed by atoms with Gasteiger partial charge in [-0.15, -0.1) is 0 Å². The number of rotatable bonds is 18. The highest BCUT2D eigenvalue weighted by molar-refractivity contribution is 5.77. The second kappa shape index (κ2) is 23.2. The van der Waals surface area contributed by atoms with E-state index >= 15 is 0 Å². The summed E-state index contributed by atoms with van der Waals surface area (Å²) in [7, 11) is 0. The Kier molecular flexibility index (Phi) is 18.4. The van der Waals surface area contributed by atoms with Crippen molar-refractivity contribution < 1.29 is 139 Å². The molecule has 8 aliphatic rings. The van der Waals surface area contributed by atoms with E-state index in [2.05, 4.69) is 13.5 Å². The zero-order valence-corrected chi connectivity index (χ0v) is 42.4. The summed E-state index contributed by atoms with van der Waals surface area (Å²) in [6.07, 6.45) is -31.9. The number of esters is 1. The monoisotopic (exact) mass is 1100 g/mol. The van der Waals surface area contributed by atoms with Gasteiger partial charge < -0.3 is 114 Å². The van der Waals surface area contributed by atoms with Crippen LogP contribution in [0.15, 0.2) is 12.2 Å². The molecular formula is C48H78O28. The molecule has 4 saturated carbocycles. The third-order valence-electron chi connectivity index (χ3n) is 18.1. The maximum absolute atomic E-state index is 14.8. The molecule has 1 spiro atoms. The van der Waals surface area contributed by atoms with Crippen LogP contribution in [0.2, 0.25) is 0 Å². The summed E-state index contributed by atoms with van der Waals surface area (Å²) in [5.41, 5.74) is -3.09. The van der Waals surface area contributed by atoms with Crippen LogP contribution in [0.25, 0.3) is 0 Å². The third-order valence-corrected chi connectivity index (χ3v) is 18.1. The number of aliphatic hydroxyl groups excluding tert-OH is 15. The largest absolute Gasteiger partial charge is 0.432 e. The lowest BCUT2D eigenvalue weighted by Crippen LogP contribution is -2.69. The van der Waals surface area contributed by atoms with E-state index in [-0.39, 0.29) is 24.7 Å². The van der Waals surface area contributed by atoms with Crippen LogP contribution in [0, 0.1) is 28.1 Å². The molecule has 4 aliphatic carbocycles. The first-order valence-electron chi connectivity index (χ1n) is 25.9. The van der Waals surface area contributed by atoms with Gasteiger partial charge in [-0.2, -0.15) is 0 Å².